The number of aliphatic hydroxyl groups excluding tert-OH is 1. The van der Waals surface area contributed by atoms with Crippen LogP contribution in [0.15, 0.2) is 40.8 Å². The molecule has 0 aliphatic heterocycles. The quantitative estimate of drug-likeness (QED) is 0.884. The molecule has 0 radical (unpaired) electrons. The van der Waals surface area contributed by atoms with Crippen LogP contribution in [0.3, 0.4) is 0 Å². The highest BCUT2D eigenvalue weighted by Crippen LogP contribution is 2.43. The number of aliphatic hydroxyl groups is 1. The van der Waals surface area contributed by atoms with E-state index in [0.29, 0.717) is 5.92 Å². The van der Waals surface area contributed by atoms with Gasteiger partial charge < -0.3 is 14.6 Å². The highest BCUT2D eigenvalue weighted by atomic mass is 16.4. The molecule has 19 heavy (non-hydrogen) atoms. The second-order valence-corrected chi connectivity index (χ2v) is 4.81. The highest BCUT2D eigenvalue weighted by molar-refractivity contribution is 5.84. The van der Waals surface area contributed by atoms with Gasteiger partial charge in [-0.25, -0.2) is 4.79 Å². The fourth-order valence-electron chi connectivity index (χ4n) is 2.29. The number of hydrogen-bond acceptors (Lipinski definition) is 3. The zero-order chi connectivity index (χ0) is 13.4. The molecular formula is C15H14O4. The Kier molecular flexibility index (Phi) is 2.87. The molecule has 1 fully saturated rings. The number of rotatable bonds is 4. The number of carbonyl (C=O) groups is 1. The average molecular weight is 258 g/mol. The van der Waals surface area contributed by atoms with Crippen LogP contribution in [0.1, 0.15) is 52.3 Å². The molecule has 0 saturated heterocycles. The van der Waals surface area contributed by atoms with E-state index in [-0.39, 0.29) is 11.5 Å². The van der Waals surface area contributed by atoms with E-state index in [1.165, 1.54) is 12.1 Å². The third-order valence-electron chi connectivity index (χ3n) is 3.41. The number of carboxylic acid groups (broad SMARTS) is 1. The van der Waals surface area contributed by atoms with Crippen LogP contribution >= 0.6 is 0 Å². The van der Waals surface area contributed by atoms with Crippen LogP contribution < -0.4 is 0 Å². The molecule has 1 aliphatic carbocycles. The number of furan rings is 1. The lowest BCUT2D eigenvalue weighted by molar-refractivity contribution is 0.0655. The van der Waals surface area contributed by atoms with Gasteiger partial charge >= 0.3 is 5.97 Å². The molecule has 0 spiro atoms. The van der Waals surface area contributed by atoms with Gasteiger partial charge in [0.2, 0.25) is 5.76 Å². The predicted molar refractivity (Wildman–Crippen MR) is 68.1 cm³/mol. The van der Waals surface area contributed by atoms with Gasteiger partial charge in [-0.3, -0.25) is 0 Å². The van der Waals surface area contributed by atoms with Gasteiger partial charge in [-0.2, -0.15) is 0 Å². The number of aromatic carboxylic acids is 1. The predicted octanol–water partition coefficient (Wildman–Crippen LogP) is 2.94. The zero-order valence-corrected chi connectivity index (χ0v) is 10.2. The molecule has 3 rings (SSSR count). The summed E-state index contributed by atoms with van der Waals surface area (Å²) >= 11 is 0. The van der Waals surface area contributed by atoms with Gasteiger partial charge in [0.25, 0.3) is 0 Å². The zero-order valence-electron chi connectivity index (χ0n) is 10.2. The summed E-state index contributed by atoms with van der Waals surface area (Å²) in [5, 5.41) is 19.2. The summed E-state index contributed by atoms with van der Waals surface area (Å²) in [7, 11) is 0. The van der Waals surface area contributed by atoms with Gasteiger partial charge in [-0.1, -0.05) is 24.3 Å². The molecule has 1 aliphatic rings. The highest BCUT2D eigenvalue weighted by Gasteiger charge is 2.29. The van der Waals surface area contributed by atoms with E-state index in [0.717, 1.165) is 24.0 Å². The van der Waals surface area contributed by atoms with Crippen molar-refractivity contribution in [2.75, 3.05) is 0 Å². The first-order chi connectivity index (χ1) is 9.16. The summed E-state index contributed by atoms with van der Waals surface area (Å²) in [4.78, 5) is 10.8. The second-order valence-electron chi connectivity index (χ2n) is 4.81. The van der Waals surface area contributed by atoms with Gasteiger partial charge in [0.15, 0.2) is 0 Å². The monoisotopic (exact) mass is 258 g/mol. The van der Waals surface area contributed by atoms with Gasteiger partial charge in [0.05, 0.1) is 0 Å². The molecule has 2 N–H and O–H groups in total. The van der Waals surface area contributed by atoms with Crippen molar-refractivity contribution in [2.45, 2.75) is 24.9 Å². The maximum absolute atomic E-state index is 10.8. The first kappa shape index (κ1) is 12.0. The van der Waals surface area contributed by atoms with Crippen LogP contribution in [0.4, 0.5) is 0 Å². The van der Waals surface area contributed by atoms with Crippen molar-refractivity contribution in [3.8, 4) is 0 Å². The van der Waals surface area contributed by atoms with Crippen molar-refractivity contribution in [3.05, 3.63) is 59.0 Å². The Morgan fingerprint density at radius 2 is 1.95 bits per heavy atom. The molecule has 1 aromatic carbocycles. The smallest absolute Gasteiger partial charge is 0.371 e. The van der Waals surface area contributed by atoms with E-state index in [1.807, 2.05) is 24.3 Å². The van der Waals surface area contributed by atoms with Crippen molar-refractivity contribution < 1.29 is 19.4 Å². The molecule has 1 heterocycles. The van der Waals surface area contributed by atoms with Crippen LogP contribution in [0.25, 0.3) is 0 Å². The largest absolute Gasteiger partial charge is 0.475 e. The third kappa shape index (κ3) is 2.27. The van der Waals surface area contributed by atoms with Crippen molar-refractivity contribution in [1.29, 1.82) is 0 Å². The Hall–Kier alpha value is -2.07. The van der Waals surface area contributed by atoms with Crippen LogP contribution in [0.5, 0.6) is 0 Å². The summed E-state index contributed by atoms with van der Waals surface area (Å²) in [5.74, 6) is -0.503. The first-order valence-corrected chi connectivity index (χ1v) is 6.26. The first-order valence-electron chi connectivity index (χ1n) is 6.26. The molecular weight excluding hydrogens is 244 g/mol. The molecule has 1 saturated carbocycles. The standard InChI is InChI=1S/C15H14O4/c16-14(12-7-8-13(19-12)15(17)18)11-4-2-1-3-10(11)9-5-6-9/h1-4,7-9,14,16H,5-6H2,(H,17,18). The van der Waals surface area contributed by atoms with Gasteiger partial charge in [-0.15, -0.1) is 0 Å². The fourth-order valence-corrected chi connectivity index (χ4v) is 2.29. The van der Waals surface area contributed by atoms with E-state index >= 15 is 0 Å². The van der Waals surface area contributed by atoms with E-state index in [4.69, 9.17) is 9.52 Å². The molecule has 0 amide bonds. The molecule has 98 valence electrons. The maximum atomic E-state index is 10.8. The number of hydrogen-bond donors (Lipinski definition) is 2. The molecule has 1 unspecified atom stereocenters. The summed E-state index contributed by atoms with van der Waals surface area (Å²) in [6, 6.07) is 10.6. The molecule has 1 aromatic heterocycles. The Morgan fingerprint density at radius 3 is 2.58 bits per heavy atom. The van der Waals surface area contributed by atoms with E-state index in [9.17, 15) is 9.90 Å². The van der Waals surface area contributed by atoms with Crippen molar-refractivity contribution >= 4 is 5.97 Å². The Bertz CT molecular complexity index is 610. The minimum absolute atomic E-state index is 0.155. The Morgan fingerprint density at radius 1 is 1.21 bits per heavy atom. The number of benzene rings is 1. The van der Waals surface area contributed by atoms with Crippen molar-refractivity contribution in [1.82, 2.24) is 0 Å². The van der Waals surface area contributed by atoms with Crippen molar-refractivity contribution in [2.24, 2.45) is 0 Å². The molecule has 4 nitrogen and oxygen atoms in total. The van der Waals surface area contributed by atoms with Crippen molar-refractivity contribution in [3.63, 3.8) is 0 Å². The second kappa shape index (κ2) is 4.55. The maximum Gasteiger partial charge on any atom is 0.371 e. The summed E-state index contributed by atoms with van der Waals surface area (Å²) in [6.45, 7) is 0. The minimum atomic E-state index is -1.13. The van der Waals surface area contributed by atoms with E-state index < -0.39 is 12.1 Å². The van der Waals surface area contributed by atoms with Gasteiger partial charge in [-0.05, 0) is 42.0 Å². The molecule has 4 heteroatoms. The normalized spacial score (nSPS) is 16.3. The summed E-state index contributed by atoms with van der Waals surface area (Å²) < 4.78 is 5.17. The Labute approximate surface area is 110 Å². The van der Waals surface area contributed by atoms with Crippen LogP contribution in [-0.2, 0) is 0 Å². The third-order valence-corrected chi connectivity index (χ3v) is 3.41. The van der Waals surface area contributed by atoms with Crippen LogP contribution in [-0.4, -0.2) is 16.2 Å². The lowest BCUT2D eigenvalue weighted by Gasteiger charge is -2.13. The van der Waals surface area contributed by atoms with Gasteiger partial charge in [0, 0.05) is 0 Å². The topological polar surface area (TPSA) is 70.7 Å². The van der Waals surface area contributed by atoms with Gasteiger partial charge in [0.1, 0.15) is 11.9 Å². The van der Waals surface area contributed by atoms with Crippen LogP contribution in [0, 0.1) is 0 Å². The molecule has 1 atom stereocenters. The fraction of sp³-hybridized carbons (Fsp3) is 0.267. The lowest BCUT2D eigenvalue weighted by atomic mass is 9.97. The van der Waals surface area contributed by atoms with E-state index in [2.05, 4.69) is 0 Å². The summed E-state index contributed by atoms with van der Waals surface area (Å²) in [6.07, 6.45) is 1.37. The number of carboxylic acids is 1. The molecule has 2 aromatic rings. The molecule has 0 bridgehead atoms. The average Bonchev–Trinajstić information content (AvgIpc) is 3.14. The minimum Gasteiger partial charge on any atom is -0.475 e. The lowest BCUT2D eigenvalue weighted by Crippen LogP contribution is -2.02. The SMILES string of the molecule is O=C(O)c1ccc(C(O)c2ccccc2C2CC2)o1. The van der Waals surface area contributed by atoms with Crippen LogP contribution in [0.2, 0.25) is 0 Å². The summed E-state index contributed by atoms with van der Waals surface area (Å²) in [5.41, 5.74) is 1.93. The Balaban J connectivity index is 1.94. The van der Waals surface area contributed by atoms with E-state index in [1.54, 1.807) is 0 Å².